The number of hydrogen-bond donors (Lipinski definition) is 0. The molecule has 0 unspecified atom stereocenters. The van der Waals surface area contributed by atoms with Crippen LogP contribution in [0.1, 0.15) is 44.6 Å². The second kappa shape index (κ2) is 6.41. The third kappa shape index (κ3) is 3.18. The molecule has 4 nitrogen and oxygen atoms in total. The number of anilines is 1. The van der Waals surface area contributed by atoms with Crippen LogP contribution in [-0.2, 0) is 9.59 Å². The summed E-state index contributed by atoms with van der Waals surface area (Å²) < 4.78 is 13.4. The number of halogens is 1. The van der Waals surface area contributed by atoms with E-state index in [0.717, 1.165) is 11.3 Å². The summed E-state index contributed by atoms with van der Waals surface area (Å²) in [5.41, 5.74) is 2.69. The maximum atomic E-state index is 13.4. The van der Waals surface area contributed by atoms with E-state index in [-0.39, 0.29) is 35.3 Å². The van der Waals surface area contributed by atoms with E-state index in [1.807, 2.05) is 26.0 Å². The number of allylic oxidation sites excluding steroid dienone is 2. The van der Waals surface area contributed by atoms with Crippen LogP contribution in [0.5, 0.6) is 0 Å². The van der Waals surface area contributed by atoms with Crippen molar-refractivity contribution in [3.63, 3.8) is 0 Å². The van der Waals surface area contributed by atoms with E-state index in [1.165, 1.54) is 12.1 Å². The largest absolute Gasteiger partial charge is 0.294 e. The molecule has 5 heteroatoms. The van der Waals surface area contributed by atoms with Gasteiger partial charge < -0.3 is 0 Å². The van der Waals surface area contributed by atoms with Gasteiger partial charge in [-0.2, -0.15) is 0 Å². The third-order valence-electron chi connectivity index (χ3n) is 5.31. The van der Waals surface area contributed by atoms with E-state index in [2.05, 4.69) is 4.98 Å². The summed E-state index contributed by atoms with van der Waals surface area (Å²) in [6.07, 6.45) is 4.68. The van der Waals surface area contributed by atoms with Gasteiger partial charge in [-0.1, -0.05) is 19.9 Å². The molecule has 1 atom stereocenters. The van der Waals surface area contributed by atoms with Gasteiger partial charge in [-0.15, -0.1) is 0 Å². The van der Waals surface area contributed by atoms with E-state index >= 15 is 0 Å². The summed E-state index contributed by atoms with van der Waals surface area (Å²) in [4.78, 5) is 32.0. The zero-order valence-corrected chi connectivity index (χ0v) is 15.4. The molecule has 0 saturated heterocycles. The van der Waals surface area contributed by atoms with Crippen LogP contribution >= 0.6 is 0 Å². The SMILES string of the molecule is CC1(C)CC(=O)C2=C(C1)N(c1ccc(F)cc1)C(=O)C[C@@H]2c1cccnc1. The summed E-state index contributed by atoms with van der Waals surface area (Å²) in [6, 6.07) is 9.60. The average molecular weight is 364 g/mol. The normalized spacial score (nSPS) is 22.0. The molecule has 4 rings (SSSR count). The van der Waals surface area contributed by atoms with Gasteiger partial charge in [0.15, 0.2) is 5.78 Å². The van der Waals surface area contributed by atoms with Crippen LogP contribution in [0.15, 0.2) is 60.1 Å². The molecule has 0 radical (unpaired) electrons. The van der Waals surface area contributed by atoms with E-state index in [0.29, 0.717) is 24.1 Å². The van der Waals surface area contributed by atoms with E-state index in [1.54, 1.807) is 29.4 Å². The van der Waals surface area contributed by atoms with Crippen molar-refractivity contribution < 1.29 is 14.0 Å². The average Bonchev–Trinajstić information content (AvgIpc) is 2.62. The number of aromatic nitrogens is 1. The van der Waals surface area contributed by atoms with Crippen LogP contribution in [0.4, 0.5) is 10.1 Å². The molecule has 0 bridgehead atoms. The number of Topliss-reactive ketones (excluding diaryl/α,β-unsaturated/α-hetero) is 1. The highest BCUT2D eigenvalue weighted by molar-refractivity contribution is 6.07. The molecule has 27 heavy (non-hydrogen) atoms. The molecular weight excluding hydrogens is 343 g/mol. The molecule has 2 aromatic rings. The van der Waals surface area contributed by atoms with Crippen molar-refractivity contribution in [1.29, 1.82) is 0 Å². The maximum Gasteiger partial charge on any atom is 0.232 e. The Labute approximate surface area is 157 Å². The van der Waals surface area contributed by atoms with Crippen LogP contribution in [-0.4, -0.2) is 16.7 Å². The number of nitrogens with zero attached hydrogens (tertiary/aromatic N) is 2. The number of amides is 1. The number of rotatable bonds is 2. The fourth-order valence-electron chi connectivity index (χ4n) is 4.17. The van der Waals surface area contributed by atoms with Crippen LogP contribution < -0.4 is 4.90 Å². The monoisotopic (exact) mass is 364 g/mol. The Balaban J connectivity index is 1.89. The lowest BCUT2D eigenvalue weighted by Crippen LogP contribution is -2.43. The number of pyridine rings is 1. The fourth-order valence-corrected chi connectivity index (χ4v) is 4.17. The summed E-state index contributed by atoms with van der Waals surface area (Å²) in [7, 11) is 0. The van der Waals surface area contributed by atoms with Crippen LogP contribution in [0.25, 0.3) is 0 Å². The standard InChI is InChI=1S/C22H21FN2O2/c1-22(2)11-18-21(19(26)12-22)17(14-4-3-9-24-13-14)10-20(27)25(18)16-7-5-15(23)6-8-16/h3-9,13,17H,10-12H2,1-2H3/t17-/m1/s1. The topological polar surface area (TPSA) is 50.3 Å². The maximum absolute atomic E-state index is 13.4. The van der Waals surface area contributed by atoms with Crippen molar-refractivity contribution in [3.05, 3.63) is 71.4 Å². The molecule has 2 aliphatic rings. The molecule has 0 spiro atoms. The zero-order chi connectivity index (χ0) is 19.2. The third-order valence-corrected chi connectivity index (χ3v) is 5.31. The fraction of sp³-hybridized carbons (Fsp3) is 0.318. The molecule has 2 heterocycles. The molecule has 1 amide bonds. The first-order chi connectivity index (χ1) is 12.9. The molecule has 138 valence electrons. The Morgan fingerprint density at radius 1 is 1.11 bits per heavy atom. The Bertz CT molecular complexity index is 933. The number of ketones is 1. The Hall–Kier alpha value is -2.82. The molecule has 1 aliphatic heterocycles. The number of carbonyl (C=O) groups is 2. The van der Waals surface area contributed by atoms with Gasteiger partial charge in [0, 0.05) is 48.1 Å². The van der Waals surface area contributed by atoms with Gasteiger partial charge in [-0.3, -0.25) is 19.5 Å². The minimum Gasteiger partial charge on any atom is -0.294 e. The molecular formula is C22H21FN2O2. The second-order valence-electron chi connectivity index (χ2n) is 8.05. The first kappa shape index (κ1) is 17.6. The van der Waals surface area contributed by atoms with E-state index in [9.17, 15) is 14.0 Å². The Kier molecular flexibility index (Phi) is 4.17. The minimum absolute atomic E-state index is 0.0784. The van der Waals surface area contributed by atoms with Crippen LogP contribution in [0, 0.1) is 11.2 Å². The summed E-state index contributed by atoms with van der Waals surface area (Å²) in [5.74, 6) is -0.637. The number of hydrogen-bond acceptors (Lipinski definition) is 3. The highest BCUT2D eigenvalue weighted by atomic mass is 19.1. The van der Waals surface area contributed by atoms with Crippen LogP contribution in [0.2, 0.25) is 0 Å². The van der Waals surface area contributed by atoms with Gasteiger partial charge in [-0.25, -0.2) is 4.39 Å². The van der Waals surface area contributed by atoms with Crippen molar-refractivity contribution >= 4 is 17.4 Å². The predicted octanol–water partition coefficient (Wildman–Crippen LogP) is 4.38. The van der Waals surface area contributed by atoms with Crippen LogP contribution in [0.3, 0.4) is 0 Å². The summed E-state index contributed by atoms with van der Waals surface area (Å²) in [5, 5.41) is 0. The minimum atomic E-state index is -0.356. The van der Waals surface area contributed by atoms with Gasteiger partial charge in [0.2, 0.25) is 5.91 Å². The first-order valence-corrected chi connectivity index (χ1v) is 9.10. The van der Waals surface area contributed by atoms with Gasteiger partial charge in [-0.05, 0) is 47.7 Å². The Morgan fingerprint density at radius 2 is 1.85 bits per heavy atom. The van der Waals surface area contributed by atoms with Gasteiger partial charge in [0.25, 0.3) is 0 Å². The Morgan fingerprint density at radius 3 is 2.52 bits per heavy atom. The highest BCUT2D eigenvalue weighted by Crippen LogP contribution is 2.47. The molecule has 0 fully saturated rings. The predicted molar refractivity (Wildman–Crippen MR) is 101 cm³/mol. The second-order valence-corrected chi connectivity index (χ2v) is 8.05. The molecule has 1 aliphatic carbocycles. The molecule has 1 aromatic heterocycles. The van der Waals surface area contributed by atoms with Gasteiger partial charge >= 0.3 is 0 Å². The molecule has 0 saturated carbocycles. The van der Waals surface area contributed by atoms with E-state index < -0.39 is 0 Å². The lowest BCUT2D eigenvalue weighted by Gasteiger charge is -2.42. The highest BCUT2D eigenvalue weighted by Gasteiger charge is 2.44. The molecule has 1 aromatic carbocycles. The zero-order valence-electron chi connectivity index (χ0n) is 15.4. The van der Waals surface area contributed by atoms with Crippen molar-refractivity contribution in [2.75, 3.05) is 4.90 Å². The van der Waals surface area contributed by atoms with Gasteiger partial charge in [0.1, 0.15) is 5.82 Å². The van der Waals surface area contributed by atoms with Crippen molar-refractivity contribution in [1.82, 2.24) is 4.98 Å². The lowest BCUT2D eigenvalue weighted by molar-refractivity contribution is -0.121. The summed E-state index contributed by atoms with van der Waals surface area (Å²) >= 11 is 0. The molecule has 0 N–H and O–H groups in total. The smallest absolute Gasteiger partial charge is 0.232 e. The van der Waals surface area contributed by atoms with Crippen molar-refractivity contribution in [2.24, 2.45) is 5.41 Å². The summed E-state index contributed by atoms with van der Waals surface area (Å²) in [6.45, 7) is 4.07. The number of carbonyl (C=O) groups excluding carboxylic acids is 2. The van der Waals surface area contributed by atoms with E-state index in [4.69, 9.17) is 0 Å². The first-order valence-electron chi connectivity index (χ1n) is 9.10. The van der Waals surface area contributed by atoms with Crippen molar-refractivity contribution in [3.8, 4) is 0 Å². The number of benzene rings is 1. The lowest BCUT2D eigenvalue weighted by atomic mass is 9.69. The quantitative estimate of drug-likeness (QED) is 0.794. The van der Waals surface area contributed by atoms with Crippen molar-refractivity contribution in [2.45, 2.75) is 39.0 Å². The van der Waals surface area contributed by atoms with Gasteiger partial charge in [0.05, 0.1) is 0 Å².